The molecule has 9 nitrogen and oxygen atoms in total. The second-order valence-corrected chi connectivity index (χ2v) is 8.60. The molecular formula is C21H21N7O2S. The summed E-state index contributed by atoms with van der Waals surface area (Å²) in [4.78, 5) is 38.7. The zero-order valence-electron chi connectivity index (χ0n) is 16.9. The van der Waals surface area contributed by atoms with Gasteiger partial charge in [-0.3, -0.25) is 4.79 Å². The Morgan fingerprint density at radius 2 is 1.90 bits per heavy atom. The van der Waals surface area contributed by atoms with E-state index in [0.29, 0.717) is 11.7 Å². The van der Waals surface area contributed by atoms with E-state index in [1.54, 1.807) is 42.9 Å². The molecular weight excluding hydrogens is 414 g/mol. The van der Waals surface area contributed by atoms with Gasteiger partial charge in [-0.25, -0.2) is 24.3 Å². The van der Waals surface area contributed by atoms with Gasteiger partial charge in [0.2, 0.25) is 0 Å². The number of nitrogens with zero attached hydrogens (tertiary/aromatic N) is 5. The van der Waals surface area contributed by atoms with Gasteiger partial charge < -0.3 is 15.2 Å². The molecule has 1 aliphatic rings. The molecule has 4 heterocycles. The van der Waals surface area contributed by atoms with Crippen LogP contribution in [0.5, 0.6) is 0 Å². The molecule has 1 fully saturated rings. The second kappa shape index (κ2) is 7.95. The summed E-state index contributed by atoms with van der Waals surface area (Å²) in [5, 5.41) is 7.88. The van der Waals surface area contributed by atoms with Crippen molar-refractivity contribution in [3.05, 3.63) is 69.8 Å². The van der Waals surface area contributed by atoms with Crippen molar-refractivity contribution in [2.75, 3.05) is 10.6 Å². The van der Waals surface area contributed by atoms with Gasteiger partial charge in [0, 0.05) is 37.6 Å². The van der Waals surface area contributed by atoms with Gasteiger partial charge >= 0.3 is 5.69 Å². The molecule has 5 rings (SSSR count). The molecule has 4 aromatic rings. The molecule has 4 aromatic heterocycles. The molecule has 31 heavy (non-hydrogen) atoms. The van der Waals surface area contributed by atoms with Crippen LogP contribution in [0.1, 0.15) is 19.3 Å². The van der Waals surface area contributed by atoms with E-state index in [4.69, 9.17) is 0 Å². The minimum atomic E-state index is -0.398. The zero-order valence-corrected chi connectivity index (χ0v) is 17.7. The monoisotopic (exact) mass is 435 g/mol. The van der Waals surface area contributed by atoms with E-state index in [0.717, 1.165) is 45.1 Å². The van der Waals surface area contributed by atoms with Crippen LogP contribution < -0.4 is 21.9 Å². The number of aromatic nitrogens is 5. The van der Waals surface area contributed by atoms with E-state index in [1.165, 1.54) is 16.8 Å². The molecule has 2 atom stereocenters. The fourth-order valence-electron chi connectivity index (χ4n) is 3.87. The van der Waals surface area contributed by atoms with Crippen molar-refractivity contribution in [1.82, 2.24) is 24.1 Å². The normalized spacial score (nSPS) is 18.4. The Bertz CT molecular complexity index is 1310. The van der Waals surface area contributed by atoms with E-state index in [9.17, 15) is 9.59 Å². The van der Waals surface area contributed by atoms with Crippen LogP contribution in [0.15, 0.2) is 58.5 Å². The first-order valence-electron chi connectivity index (χ1n) is 10.1. The van der Waals surface area contributed by atoms with Gasteiger partial charge in [0.15, 0.2) is 5.13 Å². The molecule has 0 bridgehead atoms. The maximum atomic E-state index is 12.3. The van der Waals surface area contributed by atoms with Crippen molar-refractivity contribution >= 4 is 32.6 Å². The maximum absolute atomic E-state index is 12.3. The topological polar surface area (TPSA) is 107 Å². The Hall–Kier alpha value is -3.53. The van der Waals surface area contributed by atoms with Crippen molar-refractivity contribution in [2.24, 2.45) is 7.05 Å². The molecule has 0 amide bonds. The van der Waals surface area contributed by atoms with Crippen molar-refractivity contribution < 1.29 is 0 Å². The molecule has 0 aromatic carbocycles. The zero-order chi connectivity index (χ0) is 21.4. The number of hydrogen-bond acceptors (Lipinski definition) is 8. The highest BCUT2D eigenvalue weighted by atomic mass is 32.1. The number of hydrogen-bond donors (Lipinski definition) is 2. The summed E-state index contributed by atoms with van der Waals surface area (Å²) >= 11 is 1.57. The molecule has 1 aliphatic carbocycles. The van der Waals surface area contributed by atoms with Crippen LogP contribution in [0.2, 0.25) is 0 Å². The predicted octanol–water partition coefficient (Wildman–Crippen LogP) is 2.38. The Labute approximate surface area is 181 Å². The van der Waals surface area contributed by atoms with Gasteiger partial charge in [0.1, 0.15) is 16.2 Å². The summed E-state index contributed by atoms with van der Waals surface area (Å²) < 4.78 is 2.47. The lowest BCUT2D eigenvalue weighted by Crippen LogP contribution is -2.36. The average Bonchev–Trinajstić information content (AvgIpc) is 3.38. The minimum Gasteiger partial charge on any atom is -0.367 e. The summed E-state index contributed by atoms with van der Waals surface area (Å²) in [6.07, 6.45) is 7.79. The van der Waals surface area contributed by atoms with Crippen LogP contribution in [0, 0.1) is 0 Å². The molecule has 0 spiro atoms. The smallest absolute Gasteiger partial charge is 0.335 e. The van der Waals surface area contributed by atoms with Gasteiger partial charge in [0.25, 0.3) is 5.56 Å². The third-order valence-corrected chi connectivity index (χ3v) is 6.35. The lowest BCUT2D eigenvalue weighted by atomic mass is 10.2. The molecule has 0 unspecified atom stereocenters. The Balaban J connectivity index is 1.23. The first-order chi connectivity index (χ1) is 15.1. The van der Waals surface area contributed by atoms with E-state index in [1.807, 2.05) is 12.1 Å². The van der Waals surface area contributed by atoms with E-state index in [2.05, 4.69) is 25.6 Å². The van der Waals surface area contributed by atoms with Gasteiger partial charge in [-0.1, -0.05) is 11.3 Å². The number of pyridine rings is 2. The van der Waals surface area contributed by atoms with Gasteiger partial charge in [-0.2, -0.15) is 0 Å². The highest BCUT2D eigenvalue weighted by Crippen LogP contribution is 2.29. The van der Waals surface area contributed by atoms with Crippen molar-refractivity contribution in [3.63, 3.8) is 0 Å². The molecule has 0 saturated heterocycles. The number of nitrogens with one attached hydrogen (secondary N) is 2. The number of thiazole rings is 1. The molecule has 1 saturated carbocycles. The lowest BCUT2D eigenvalue weighted by Gasteiger charge is -2.15. The first kappa shape index (κ1) is 19.4. The summed E-state index contributed by atoms with van der Waals surface area (Å²) in [5.74, 6) is 0.722. The molecule has 158 valence electrons. The van der Waals surface area contributed by atoms with Crippen LogP contribution in [-0.4, -0.2) is 36.2 Å². The SMILES string of the molecule is Cn1ccc(=O)n(-c2ccc(N[C@H]3CC[C@H](Nc4nc5cccnc5s4)C3)nc2)c1=O. The summed E-state index contributed by atoms with van der Waals surface area (Å²) in [7, 11) is 1.61. The Morgan fingerprint density at radius 3 is 2.68 bits per heavy atom. The fraction of sp³-hybridized carbons (Fsp3) is 0.286. The van der Waals surface area contributed by atoms with E-state index >= 15 is 0 Å². The van der Waals surface area contributed by atoms with Crippen LogP contribution in [0.4, 0.5) is 10.9 Å². The molecule has 10 heteroatoms. The number of rotatable bonds is 5. The van der Waals surface area contributed by atoms with Gasteiger partial charge in [-0.15, -0.1) is 0 Å². The average molecular weight is 436 g/mol. The van der Waals surface area contributed by atoms with Gasteiger partial charge in [-0.05, 0) is 43.5 Å². The summed E-state index contributed by atoms with van der Waals surface area (Å²) in [6.45, 7) is 0. The second-order valence-electron chi connectivity index (χ2n) is 7.63. The first-order valence-corrected chi connectivity index (χ1v) is 10.9. The van der Waals surface area contributed by atoms with E-state index < -0.39 is 5.69 Å². The third kappa shape index (κ3) is 3.93. The number of fused-ring (bicyclic) bond motifs is 1. The molecule has 0 aliphatic heterocycles. The van der Waals surface area contributed by atoms with Crippen LogP contribution in [0.3, 0.4) is 0 Å². The van der Waals surface area contributed by atoms with E-state index in [-0.39, 0.29) is 11.6 Å². The van der Waals surface area contributed by atoms with Gasteiger partial charge in [0.05, 0.1) is 11.9 Å². The van der Waals surface area contributed by atoms with Crippen molar-refractivity contribution in [2.45, 2.75) is 31.3 Å². The molecule has 2 N–H and O–H groups in total. The molecule has 0 radical (unpaired) electrons. The quantitative estimate of drug-likeness (QED) is 0.496. The van der Waals surface area contributed by atoms with Crippen molar-refractivity contribution in [3.8, 4) is 5.69 Å². The third-order valence-electron chi connectivity index (χ3n) is 5.44. The fourth-order valence-corrected chi connectivity index (χ4v) is 4.75. The summed E-state index contributed by atoms with van der Waals surface area (Å²) in [5.41, 5.74) is 0.594. The lowest BCUT2D eigenvalue weighted by molar-refractivity contribution is 0.721. The largest absolute Gasteiger partial charge is 0.367 e. The highest BCUT2D eigenvalue weighted by molar-refractivity contribution is 7.21. The number of aryl methyl sites for hydroxylation is 1. The number of anilines is 2. The standard InChI is InChI=1S/C21H21N7O2S/c1-27-10-8-18(29)28(21(27)30)15-6-7-17(23-12-15)24-13-4-5-14(11-13)25-20-26-16-3-2-9-22-19(16)31-20/h2-3,6-10,12-14H,4-5,11H2,1H3,(H,23,24)(H,25,26)/t13-,14-/m0/s1. The van der Waals surface area contributed by atoms with Crippen LogP contribution in [0.25, 0.3) is 16.0 Å². The Morgan fingerprint density at radius 1 is 1.06 bits per heavy atom. The van der Waals surface area contributed by atoms with Crippen molar-refractivity contribution in [1.29, 1.82) is 0 Å². The maximum Gasteiger partial charge on any atom is 0.335 e. The van der Waals surface area contributed by atoms with Crippen LogP contribution in [-0.2, 0) is 7.05 Å². The van der Waals surface area contributed by atoms with Crippen LogP contribution >= 0.6 is 11.3 Å². The highest BCUT2D eigenvalue weighted by Gasteiger charge is 2.25. The summed E-state index contributed by atoms with van der Waals surface area (Å²) in [6, 6.07) is 9.38. The predicted molar refractivity (Wildman–Crippen MR) is 121 cm³/mol. The minimum absolute atomic E-state index is 0.288. The Kier molecular flexibility index (Phi) is 4.99.